The summed E-state index contributed by atoms with van der Waals surface area (Å²) >= 11 is 8.57. The zero-order chi connectivity index (χ0) is 45.7. The van der Waals surface area contributed by atoms with Crippen LogP contribution in [-0.4, -0.2) is 97.8 Å². The number of halogens is 1. The fraction of sp³-hybridized carbons (Fsp3) is 0.314. The molecule has 2 aliphatic rings. The second-order valence-corrected chi connectivity index (χ2v) is 20.3. The number of likely N-dealkylation sites (tertiary alicyclic amines) is 1. The van der Waals surface area contributed by atoms with E-state index in [1.165, 1.54) is 4.90 Å². The predicted molar refractivity (Wildman–Crippen MR) is 267 cm³/mol. The van der Waals surface area contributed by atoms with E-state index < -0.39 is 16.0 Å². The van der Waals surface area contributed by atoms with Gasteiger partial charge in [-0.2, -0.15) is 0 Å². The van der Waals surface area contributed by atoms with Crippen molar-refractivity contribution in [3.8, 4) is 22.4 Å². The Morgan fingerprint density at radius 1 is 0.800 bits per heavy atom. The highest BCUT2D eigenvalue weighted by molar-refractivity contribution is 7.99. The highest BCUT2D eigenvalue weighted by Crippen LogP contribution is 2.41. The van der Waals surface area contributed by atoms with Gasteiger partial charge in [0.25, 0.3) is 10.0 Å². The van der Waals surface area contributed by atoms with E-state index in [-0.39, 0.29) is 22.6 Å². The third-order valence-corrected chi connectivity index (χ3v) is 15.4. The van der Waals surface area contributed by atoms with Crippen LogP contribution in [0.5, 0.6) is 0 Å². The molecule has 6 aromatic rings. The van der Waals surface area contributed by atoms with Gasteiger partial charge in [0, 0.05) is 109 Å². The number of piperidine rings is 1. The lowest BCUT2D eigenvalue weighted by molar-refractivity contribution is 0.0696. The first-order valence-corrected chi connectivity index (χ1v) is 25.0. The maximum Gasteiger partial charge on any atom is 0.338 e. The fourth-order valence-corrected chi connectivity index (χ4v) is 11.3. The molecule has 1 atom stereocenters. The van der Waals surface area contributed by atoms with Crippen LogP contribution in [0.4, 0.5) is 22.7 Å². The molecule has 5 aromatic carbocycles. The van der Waals surface area contributed by atoms with Crippen molar-refractivity contribution in [1.82, 2.24) is 9.47 Å². The molecule has 65 heavy (non-hydrogen) atoms. The van der Waals surface area contributed by atoms with Gasteiger partial charge in [-0.15, -0.1) is 11.8 Å². The summed E-state index contributed by atoms with van der Waals surface area (Å²) in [5.41, 5.74) is 8.22. The number of sulfonamides is 1. The molecule has 2 aliphatic heterocycles. The Kier molecular flexibility index (Phi) is 14.5. The average molecular weight is 934 g/mol. The largest absolute Gasteiger partial charge is 0.478 e. The Hall–Kier alpha value is -5.44. The van der Waals surface area contributed by atoms with E-state index in [0.29, 0.717) is 35.1 Å². The maximum absolute atomic E-state index is 13.7. The number of anilines is 4. The molecular formula is C51H57ClN6O5S2. The van der Waals surface area contributed by atoms with Crippen molar-refractivity contribution >= 4 is 62.1 Å². The van der Waals surface area contributed by atoms with Crippen molar-refractivity contribution in [2.75, 3.05) is 71.4 Å². The van der Waals surface area contributed by atoms with Crippen LogP contribution in [0.1, 0.15) is 40.9 Å². The molecule has 8 rings (SSSR count). The summed E-state index contributed by atoms with van der Waals surface area (Å²) in [7, 11) is -1.96. The van der Waals surface area contributed by atoms with Crippen molar-refractivity contribution < 1.29 is 23.4 Å². The van der Waals surface area contributed by atoms with Gasteiger partial charge in [-0.1, -0.05) is 60.1 Å². The number of nitrogens with zero attached hydrogens (tertiary/aromatic N) is 4. The number of hydrogen-bond acceptors (Lipinski definition) is 9. The standard InChI is InChI=1S/C51H57ClN6O5S2/c1-35-30-46(18-19-47(35)53-41(34-64-45-12-8-5-9-13-45)20-23-56-24-21-44(59)22-25-56)65(62,63)54-40-14-16-42(17-15-40)57-26-28-58(29-27-57)43-32-38(31-39(52)33-43)49-48(51(60)61)36(2)55(3)50(49)37-10-6-4-7-11-37/h4-19,30-33,41,44,53-54,59H,20-29,34H2,1-3H3,(H,60,61)/t41-/m1/s1. The molecular weight excluding hydrogens is 876 g/mol. The van der Waals surface area contributed by atoms with Crippen LogP contribution in [0.25, 0.3) is 22.4 Å². The molecule has 0 radical (unpaired) electrons. The quantitative estimate of drug-likeness (QED) is 0.0697. The number of thioether (sulfide) groups is 1. The number of benzene rings is 5. The lowest BCUT2D eigenvalue weighted by Gasteiger charge is -2.37. The Morgan fingerprint density at radius 2 is 1.45 bits per heavy atom. The fourth-order valence-electron chi connectivity index (χ4n) is 8.93. The zero-order valence-electron chi connectivity index (χ0n) is 37.1. The third-order valence-electron chi connectivity index (χ3n) is 12.7. The van der Waals surface area contributed by atoms with Gasteiger partial charge >= 0.3 is 5.97 Å². The van der Waals surface area contributed by atoms with E-state index in [9.17, 15) is 23.4 Å². The minimum atomic E-state index is -3.86. The normalized spacial score (nSPS) is 15.5. The molecule has 14 heteroatoms. The summed E-state index contributed by atoms with van der Waals surface area (Å²) in [5.74, 6) is -0.125. The number of carboxylic acids is 1. The van der Waals surface area contributed by atoms with Gasteiger partial charge in [0.2, 0.25) is 0 Å². The smallest absolute Gasteiger partial charge is 0.338 e. The van der Waals surface area contributed by atoms with Gasteiger partial charge in [-0.05, 0) is 123 Å². The number of rotatable bonds is 16. The van der Waals surface area contributed by atoms with Crippen LogP contribution >= 0.6 is 23.4 Å². The molecule has 2 saturated heterocycles. The van der Waals surface area contributed by atoms with Gasteiger partial charge in [-0.25, -0.2) is 13.2 Å². The summed E-state index contributed by atoms with van der Waals surface area (Å²) in [5, 5.41) is 24.6. The molecule has 4 N–H and O–H groups in total. The number of carbonyl (C=O) groups is 1. The summed E-state index contributed by atoms with van der Waals surface area (Å²) < 4.78 is 32.1. The lowest BCUT2D eigenvalue weighted by atomic mass is 9.96. The van der Waals surface area contributed by atoms with E-state index in [0.717, 1.165) is 97.2 Å². The van der Waals surface area contributed by atoms with Crippen LogP contribution < -0.4 is 19.8 Å². The summed E-state index contributed by atoms with van der Waals surface area (Å²) in [6.45, 7) is 9.36. The molecule has 340 valence electrons. The highest BCUT2D eigenvalue weighted by atomic mass is 35.5. The van der Waals surface area contributed by atoms with E-state index in [1.807, 2.05) is 122 Å². The number of aromatic nitrogens is 1. The van der Waals surface area contributed by atoms with Crippen LogP contribution in [0, 0.1) is 13.8 Å². The van der Waals surface area contributed by atoms with Crippen molar-refractivity contribution in [3.05, 3.63) is 143 Å². The first-order valence-electron chi connectivity index (χ1n) is 22.2. The lowest BCUT2D eigenvalue weighted by Crippen LogP contribution is -2.46. The Balaban J connectivity index is 0.902. The molecule has 0 aliphatic carbocycles. The number of aliphatic hydroxyl groups excluding tert-OH is 1. The molecule has 0 saturated carbocycles. The first-order chi connectivity index (χ1) is 31.3. The maximum atomic E-state index is 13.7. The number of aromatic carboxylic acids is 1. The van der Waals surface area contributed by atoms with Gasteiger partial charge < -0.3 is 34.8 Å². The highest BCUT2D eigenvalue weighted by Gasteiger charge is 2.27. The summed E-state index contributed by atoms with van der Waals surface area (Å²) in [6, 6.07) is 38.9. The molecule has 11 nitrogen and oxygen atoms in total. The van der Waals surface area contributed by atoms with E-state index in [4.69, 9.17) is 11.6 Å². The molecule has 0 bridgehead atoms. The van der Waals surface area contributed by atoms with Crippen LogP contribution in [0.15, 0.2) is 131 Å². The Bertz CT molecular complexity index is 2700. The Labute approximate surface area is 392 Å². The number of aryl methyl sites for hydroxylation is 1. The first kappa shape index (κ1) is 46.1. The SMILES string of the molecule is Cc1cc(S(=O)(=O)Nc2ccc(N3CCN(c4cc(Cl)cc(-c5c(C(=O)O)c(C)n(C)c5-c5ccccc5)c4)CC3)cc2)ccc1N[C@H](CCN1CCC(O)CC1)CSc1ccccc1. The van der Waals surface area contributed by atoms with Gasteiger partial charge in [0.15, 0.2) is 0 Å². The van der Waals surface area contributed by atoms with E-state index in [1.54, 1.807) is 24.3 Å². The van der Waals surface area contributed by atoms with Crippen molar-refractivity contribution in [3.63, 3.8) is 0 Å². The molecule has 0 amide bonds. The number of aliphatic hydroxyl groups is 1. The predicted octanol–water partition coefficient (Wildman–Crippen LogP) is 9.87. The van der Waals surface area contributed by atoms with Gasteiger partial charge in [-0.3, -0.25) is 4.72 Å². The zero-order valence-corrected chi connectivity index (χ0v) is 39.5. The minimum Gasteiger partial charge on any atom is -0.478 e. The third kappa shape index (κ3) is 11.0. The van der Waals surface area contributed by atoms with Crippen LogP contribution in [0.2, 0.25) is 5.02 Å². The number of hydrogen-bond donors (Lipinski definition) is 4. The van der Waals surface area contributed by atoms with E-state index >= 15 is 0 Å². The van der Waals surface area contributed by atoms with Crippen molar-refractivity contribution in [2.45, 2.75) is 55.0 Å². The second-order valence-electron chi connectivity index (χ2n) is 17.0. The summed E-state index contributed by atoms with van der Waals surface area (Å²) in [6.07, 6.45) is 2.34. The van der Waals surface area contributed by atoms with Crippen LogP contribution in [0.3, 0.4) is 0 Å². The Morgan fingerprint density at radius 3 is 2.09 bits per heavy atom. The molecule has 3 heterocycles. The minimum absolute atomic E-state index is 0.157. The molecule has 1 aromatic heterocycles. The number of piperazine rings is 1. The van der Waals surface area contributed by atoms with Gasteiger partial charge in [0.05, 0.1) is 22.3 Å². The van der Waals surface area contributed by atoms with Gasteiger partial charge in [0.1, 0.15) is 0 Å². The molecule has 0 spiro atoms. The van der Waals surface area contributed by atoms with Crippen molar-refractivity contribution in [2.24, 2.45) is 7.05 Å². The number of carboxylic acid groups (broad SMARTS) is 1. The number of nitrogens with one attached hydrogen (secondary N) is 2. The monoisotopic (exact) mass is 932 g/mol. The molecule has 2 fully saturated rings. The summed E-state index contributed by atoms with van der Waals surface area (Å²) in [4.78, 5) is 21.0. The van der Waals surface area contributed by atoms with E-state index in [2.05, 4.69) is 36.9 Å². The second kappa shape index (κ2) is 20.4. The molecule has 0 unspecified atom stereocenters. The van der Waals surface area contributed by atoms with Crippen molar-refractivity contribution in [1.29, 1.82) is 0 Å². The van der Waals surface area contributed by atoms with Crippen LogP contribution in [-0.2, 0) is 17.1 Å². The average Bonchev–Trinajstić information content (AvgIpc) is 3.58. The topological polar surface area (TPSA) is 130 Å².